The predicted molar refractivity (Wildman–Crippen MR) is 127 cm³/mol. The normalized spacial score (nSPS) is 24.8. The molecule has 4 rings (SSSR count). The van der Waals surface area contributed by atoms with Crippen LogP contribution < -0.4 is 10.1 Å². The van der Waals surface area contributed by atoms with Crippen molar-refractivity contribution in [2.45, 2.75) is 88.4 Å². The summed E-state index contributed by atoms with van der Waals surface area (Å²) in [5.74, 6) is 0.804. The second-order valence-corrected chi connectivity index (χ2v) is 10.2. The number of rotatable bonds is 8. The van der Waals surface area contributed by atoms with Crippen LogP contribution in [0.2, 0.25) is 0 Å². The summed E-state index contributed by atoms with van der Waals surface area (Å²) in [6.45, 7) is 5.07. The van der Waals surface area contributed by atoms with Crippen molar-refractivity contribution < 1.29 is 19.4 Å². The highest BCUT2D eigenvalue weighted by Gasteiger charge is 2.54. The van der Waals surface area contributed by atoms with Crippen molar-refractivity contribution in [2.24, 2.45) is 0 Å². The third-order valence-corrected chi connectivity index (χ3v) is 7.91. The number of piperazine rings is 1. The van der Waals surface area contributed by atoms with Crippen molar-refractivity contribution >= 4 is 11.8 Å². The van der Waals surface area contributed by atoms with Crippen molar-refractivity contribution in [2.75, 3.05) is 26.7 Å². The Morgan fingerprint density at radius 2 is 1.76 bits per heavy atom. The number of hydrogen-bond donors (Lipinski definition) is 2. The average Bonchev–Trinajstić information content (AvgIpc) is 3.25. The monoisotopic (exact) mass is 457 g/mol. The van der Waals surface area contributed by atoms with E-state index in [2.05, 4.69) is 29.3 Å². The zero-order chi connectivity index (χ0) is 23.5. The molecular weight excluding hydrogens is 418 g/mol. The van der Waals surface area contributed by atoms with Gasteiger partial charge in [0.25, 0.3) is 0 Å². The summed E-state index contributed by atoms with van der Waals surface area (Å²) >= 11 is 0. The maximum Gasteiger partial charge on any atom is 0.246 e. The van der Waals surface area contributed by atoms with Crippen LogP contribution in [0.5, 0.6) is 5.75 Å². The zero-order valence-electron chi connectivity index (χ0n) is 20.1. The Morgan fingerprint density at radius 1 is 1.09 bits per heavy atom. The highest BCUT2D eigenvalue weighted by Crippen LogP contribution is 2.38. The largest absolute Gasteiger partial charge is 0.497 e. The lowest BCUT2D eigenvalue weighted by Gasteiger charge is -2.52. The van der Waals surface area contributed by atoms with Crippen molar-refractivity contribution in [3.63, 3.8) is 0 Å². The van der Waals surface area contributed by atoms with Gasteiger partial charge in [0.05, 0.1) is 12.7 Å². The number of aliphatic hydroxyl groups is 1. The summed E-state index contributed by atoms with van der Waals surface area (Å²) in [5, 5.41) is 13.9. The molecular formula is C26H39N3O4. The van der Waals surface area contributed by atoms with Crippen molar-refractivity contribution in [1.29, 1.82) is 0 Å². The van der Waals surface area contributed by atoms with Gasteiger partial charge in [-0.05, 0) is 49.8 Å². The minimum absolute atomic E-state index is 0.00743. The minimum atomic E-state index is -0.823. The van der Waals surface area contributed by atoms with Crippen LogP contribution >= 0.6 is 0 Å². The number of ether oxygens (including phenoxy) is 1. The SMILES string of the molecule is CCCCN1C(=O)[C@@H](CC2(O)CCCC2)NC(=O)C12CCN(Cc1ccc(OC)cc1)CC2. The second kappa shape index (κ2) is 10.0. The number of carbonyl (C=O) groups excluding carboxylic acids is 2. The molecule has 0 radical (unpaired) electrons. The maximum absolute atomic E-state index is 13.6. The smallest absolute Gasteiger partial charge is 0.246 e. The van der Waals surface area contributed by atoms with Crippen molar-refractivity contribution in [3.05, 3.63) is 29.8 Å². The lowest BCUT2D eigenvalue weighted by Crippen LogP contribution is -2.73. The molecule has 3 fully saturated rings. The highest BCUT2D eigenvalue weighted by atomic mass is 16.5. The van der Waals surface area contributed by atoms with Gasteiger partial charge in [-0.15, -0.1) is 0 Å². The molecule has 2 saturated heterocycles. The molecule has 3 aliphatic rings. The molecule has 7 heteroatoms. The van der Waals surface area contributed by atoms with Gasteiger partial charge in [-0.2, -0.15) is 0 Å². The molecule has 1 atom stereocenters. The fraction of sp³-hybridized carbons (Fsp3) is 0.692. The lowest BCUT2D eigenvalue weighted by molar-refractivity contribution is -0.163. The zero-order valence-corrected chi connectivity index (χ0v) is 20.1. The van der Waals surface area contributed by atoms with Gasteiger partial charge >= 0.3 is 0 Å². The first-order valence-corrected chi connectivity index (χ1v) is 12.6. The number of unbranched alkanes of at least 4 members (excludes halogenated alkanes) is 1. The van der Waals surface area contributed by atoms with Gasteiger partial charge in [-0.1, -0.05) is 38.3 Å². The van der Waals surface area contributed by atoms with E-state index in [9.17, 15) is 14.7 Å². The standard InChI is InChI=1S/C26H39N3O4/c1-3-4-15-29-23(30)22(18-25(32)11-5-6-12-25)27-24(31)26(29)13-16-28(17-14-26)19-20-7-9-21(33-2)10-8-20/h7-10,22,32H,3-6,11-19H2,1-2H3,(H,27,31)/t22-/m1/s1. The molecule has 1 aromatic rings. The molecule has 7 nitrogen and oxygen atoms in total. The molecule has 0 bridgehead atoms. The fourth-order valence-electron chi connectivity index (χ4n) is 5.84. The first-order valence-electron chi connectivity index (χ1n) is 12.6. The Hall–Kier alpha value is -2.12. The molecule has 2 N–H and O–H groups in total. The van der Waals surface area contributed by atoms with Gasteiger partial charge in [0.2, 0.25) is 11.8 Å². The van der Waals surface area contributed by atoms with Gasteiger partial charge in [-0.25, -0.2) is 0 Å². The van der Waals surface area contributed by atoms with Crippen LogP contribution in [0, 0.1) is 0 Å². The van der Waals surface area contributed by atoms with E-state index in [4.69, 9.17) is 4.74 Å². The number of carbonyl (C=O) groups is 2. The number of nitrogens with one attached hydrogen (secondary N) is 1. The van der Waals surface area contributed by atoms with Crippen LogP contribution in [0.1, 0.15) is 70.3 Å². The van der Waals surface area contributed by atoms with Crippen molar-refractivity contribution in [1.82, 2.24) is 15.1 Å². The van der Waals surface area contributed by atoms with Crippen LogP contribution in [-0.4, -0.2) is 70.6 Å². The van der Waals surface area contributed by atoms with E-state index in [-0.39, 0.29) is 11.8 Å². The van der Waals surface area contributed by atoms with E-state index in [1.165, 1.54) is 5.56 Å². The Balaban J connectivity index is 1.45. The predicted octanol–water partition coefficient (Wildman–Crippen LogP) is 2.85. The highest BCUT2D eigenvalue weighted by molar-refractivity contribution is 6.00. The first kappa shape index (κ1) is 24.0. The van der Waals surface area contributed by atoms with Gasteiger partial charge in [0.15, 0.2) is 0 Å². The van der Waals surface area contributed by atoms with Gasteiger partial charge in [0, 0.05) is 32.6 Å². The summed E-state index contributed by atoms with van der Waals surface area (Å²) in [6, 6.07) is 7.48. The van der Waals surface area contributed by atoms with E-state index < -0.39 is 17.2 Å². The third-order valence-electron chi connectivity index (χ3n) is 7.91. The maximum atomic E-state index is 13.6. The Kier molecular flexibility index (Phi) is 7.29. The molecule has 33 heavy (non-hydrogen) atoms. The Bertz CT molecular complexity index is 826. The topological polar surface area (TPSA) is 82.1 Å². The van der Waals surface area contributed by atoms with E-state index in [0.29, 0.717) is 38.6 Å². The number of benzene rings is 1. The van der Waals surface area contributed by atoms with Crippen LogP contribution in [0.4, 0.5) is 0 Å². The summed E-state index contributed by atoms with van der Waals surface area (Å²) in [7, 11) is 1.67. The van der Waals surface area contributed by atoms with Gasteiger partial charge in [-0.3, -0.25) is 14.5 Å². The number of nitrogens with zero attached hydrogens (tertiary/aromatic N) is 2. The number of hydrogen-bond acceptors (Lipinski definition) is 5. The Labute approximate surface area is 197 Å². The van der Waals surface area contributed by atoms with E-state index >= 15 is 0 Å². The molecule has 1 saturated carbocycles. The summed E-state index contributed by atoms with van der Waals surface area (Å²) in [6.07, 6.45) is 6.87. The number of amides is 2. The number of likely N-dealkylation sites (tertiary alicyclic amines) is 1. The quantitative estimate of drug-likeness (QED) is 0.627. The van der Waals surface area contributed by atoms with Gasteiger partial charge < -0.3 is 20.1 Å². The van der Waals surface area contributed by atoms with Gasteiger partial charge in [0.1, 0.15) is 17.3 Å². The summed E-state index contributed by atoms with van der Waals surface area (Å²) < 4.78 is 5.25. The molecule has 0 aromatic heterocycles. The lowest BCUT2D eigenvalue weighted by atomic mass is 9.80. The third kappa shape index (κ3) is 5.04. The first-order chi connectivity index (χ1) is 15.9. The molecule has 182 valence electrons. The van der Waals surface area contributed by atoms with Crippen LogP contribution in [-0.2, 0) is 16.1 Å². The molecule has 2 amide bonds. The molecule has 2 heterocycles. The number of methoxy groups -OCH3 is 1. The average molecular weight is 458 g/mol. The summed E-state index contributed by atoms with van der Waals surface area (Å²) in [5.41, 5.74) is -0.378. The van der Waals surface area contributed by atoms with Crippen molar-refractivity contribution in [3.8, 4) is 5.75 Å². The fourth-order valence-corrected chi connectivity index (χ4v) is 5.84. The van der Waals surface area contributed by atoms with E-state index in [1.807, 2.05) is 17.0 Å². The minimum Gasteiger partial charge on any atom is -0.497 e. The van der Waals surface area contributed by atoms with E-state index in [1.54, 1.807) is 7.11 Å². The Morgan fingerprint density at radius 3 is 2.36 bits per heavy atom. The molecule has 0 unspecified atom stereocenters. The molecule has 1 spiro atoms. The number of piperidine rings is 1. The van der Waals surface area contributed by atoms with Crippen LogP contribution in [0.15, 0.2) is 24.3 Å². The summed E-state index contributed by atoms with van der Waals surface area (Å²) in [4.78, 5) is 31.3. The van der Waals surface area contributed by atoms with Crippen LogP contribution in [0.3, 0.4) is 0 Å². The van der Waals surface area contributed by atoms with E-state index in [0.717, 1.165) is 51.1 Å². The second-order valence-electron chi connectivity index (χ2n) is 10.2. The molecule has 1 aliphatic carbocycles. The molecule has 1 aromatic carbocycles. The molecule has 2 aliphatic heterocycles. The van der Waals surface area contributed by atoms with Crippen LogP contribution in [0.25, 0.3) is 0 Å².